The molecule has 1 amide bonds. The van der Waals surface area contributed by atoms with Crippen molar-refractivity contribution in [3.8, 4) is 0 Å². The fraction of sp³-hybridized carbons (Fsp3) is 0.632. The molecule has 0 spiro atoms. The molecule has 1 heterocycles. The summed E-state index contributed by atoms with van der Waals surface area (Å²) in [7, 11) is 1.70. The Bertz CT molecular complexity index is 458. The third kappa shape index (κ3) is 4.57. The van der Waals surface area contributed by atoms with Crippen molar-refractivity contribution < 1.29 is 9.53 Å². The van der Waals surface area contributed by atoms with Crippen molar-refractivity contribution in [2.24, 2.45) is 11.8 Å². The molecular weight excluding hydrogens is 274 g/mol. The molecule has 1 saturated heterocycles. The molecule has 0 bridgehead atoms. The molecule has 2 unspecified atom stereocenters. The summed E-state index contributed by atoms with van der Waals surface area (Å²) in [4.78, 5) is 14.9. The summed E-state index contributed by atoms with van der Waals surface area (Å²) in [6.45, 7) is 6.54. The summed E-state index contributed by atoms with van der Waals surface area (Å²) >= 11 is 0. The number of rotatable bonds is 6. The van der Waals surface area contributed by atoms with Crippen molar-refractivity contribution >= 4 is 5.91 Å². The summed E-state index contributed by atoms with van der Waals surface area (Å²) in [6, 6.07) is 10.6. The van der Waals surface area contributed by atoms with E-state index in [0.29, 0.717) is 30.9 Å². The predicted molar refractivity (Wildman–Crippen MR) is 89.8 cm³/mol. The number of ether oxygens (including phenoxy) is 1. The van der Waals surface area contributed by atoms with Crippen LogP contribution in [0.1, 0.15) is 44.6 Å². The monoisotopic (exact) mass is 303 g/mol. The third-order valence-electron chi connectivity index (χ3n) is 4.56. The van der Waals surface area contributed by atoms with E-state index in [4.69, 9.17) is 4.74 Å². The van der Waals surface area contributed by atoms with Gasteiger partial charge in [-0.1, -0.05) is 44.2 Å². The molecule has 0 aromatic heterocycles. The van der Waals surface area contributed by atoms with E-state index < -0.39 is 0 Å². The van der Waals surface area contributed by atoms with Crippen LogP contribution in [0.15, 0.2) is 30.3 Å². The lowest BCUT2D eigenvalue weighted by Gasteiger charge is -2.26. The largest absolute Gasteiger partial charge is 0.383 e. The highest BCUT2D eigenvalue weighted by Gasteiger charge is 2.31. The van der Waals surface area contributed by atoms with E-state index in [-0.39, 0.29) is 5.92 Å². The third-order valence-corrected chi connectivity index (χ3v) is 4.56. The second-order valence-corrected chi connectivity index (χ2v) is 6.79. The van der Waals surface area contributed by atoms with E-state index >= 15 is 0 Å². The number of benzene rings is 1. The first kappa shape index (κ1) is 17.0. The van der Waals surface area contributed by atoms with Gasteiger partial charge >= 0.3 is 0 Å². The summed E-state index contributed by atoms with van der Waals surface area (Å²) < 4.78 is 5.20. The van der Waals surface area contributed by atoms with Gasteiger partial charge in [0.05, 0.1) is 6.61 Å². The van der Waals surface area contributed by atoms with E-state index in [1.807, 2.05) is 4.90 Å². The molecule has 2 rings (SSSR count). The van der Waals surface area contributed by atoms with Gasteiger partial charge in [0.25, 0.3) is 0 Å². The van der Waals surface area contributed by atoms with Gasteiger partial charge in [0.2, 0.25) is 5.91 Å². The van der Waals surface area contributed by atoms with E-state index in [9.17, 15) is 4.79 Å². The maximum Gasteiger partial charge on any atom is 0.225 e. The van der Waals surface area contributed by atoms with Crippen LogP contribution in [-0.4, -0.2) is 37.6 Å². The molecule has 1 fully saturated rings. The van der Waals surface area contributed by atoms with Crippen LogP contribution in [0.4, 0.5) is 0 Å². The normalized spacial score (nSPS) is 22.9. The van der Waals surface area contributed by atoms with Crippen LogP contribution in [0, 0.1) is 11.8 Å². The Morgan fingerprint density at radius 2 is 1.95 bits per heavy atom. The highest BCUT2D eigenvalue weighted by atomic mass is 16.5. The first-order valence-electron chi connectivity index (χ1n) is 8.44. The molecule has 1 aliphatic rings. The summed E-state index contributed by atoms with van der Waals surface area (Å²) in [6.07, 6.45) is 3.08. The topological polar surface area (TPSA) is 29.5 Å². The van der Waals surface area contributed by atoms with Crippen LogP contribution >= 0.6 is 0 Å². The Kier molecular flexibility index (Phi) is 6.44. The molecular formula is C19H29NO2. The minimum absolute atomic E-state index is 0.172. The Morgan fingerprint density at radius 1 is 1.23 bits per heavy atom. The predicted octanol–water partition coefficient (Wildman–Crippen LogP) is 3.70. The van der Waals surface area contributed by atoms with Gasteiger partial charge in [0, 0.05) is 32.0 Å². The van der Waals surface area contributed by atoms with Crippen LogP contribution < -0.4 is 0 Å². The first-order chi connectivity index (χ1) is 10.6. The number of hydrogen-bond donors (Lipinski definition) is 0. The molecule has 3 nitrogen and oxygen atoms in total. The maximum absolute atomic E-state index is 12.8. The number of likely N-dealkylation sites (tertiary alicyclic amines) is 1. The number of hydrogen-bond acceptors (Lipinski definition) is 2. The van der Waals surface area contributed by atoms with Gasteiger partial charge < -0.3 is 9.64 Å². The lowest BCUT2D eigenvalue weighted by atomic mass is 9.88. The Balaban J connectivity index is 2.15. The second kappa shape index (κ2) is 8.33. The van der Waals surface area contributed by atoms with Gasteiger partial charge in [-0.2, -0.15) is 0 Å². The minimum atomic E-state index is 0.172. The van der Waals surface area contributed by atoms with Gasteiger partial charge in [0.1, 0.15) is 0 Å². The number of carbonyl (C=O) groups excluding carboxylic acids is 1. The SMILES string of the molecule is COCCN1CC(c2ccccc2)CCC(CC(C)C)C1=O. The zero-order chi connectivity index (χ0) is 15.9. The summed E-state index contributed by atoms with van der Waals surface area (Å²) in [5.74, 6) is 1.50. The molecule has 2 atom stereocenters. The zero-order valence-corrected chi connectivity index (χ0v) is 14.1. The van der Waals surface area contributed by atoms with Gasteiger partial charge in [-0.25, -0.2) is 0 Å². The standard InChI is InChI=1S/C19H29NO2/c1-15(2)13-17-9-10-18(16-7-5-4-6-8-16)14-20(19(17)21)11-12-22-3/h4-8,15,17-18H,9-14H2,1-3H3. The molecule has 0 aliphatic carbocycles. The molecule has 122 valence electrons. The molecule has 0 radical (unpaired) electrons. The van der Waals surface area contributed by atoms with Crippen molar-refractivity contribution in [2.45, 2.75) is 39.0 Å². The molecule has 1 aliphatic heterocycles. The van der Waals surface area contributed by atoms with Crippen LogP contribution in [0.3, 0.4) is 0 Å². The van der Waals surface area contributed by atoms with Crippen LogP contribution in [-0.2, 0) is 9.53 Å². The fourth-order valence-electron chi connectivity index (χ4n) is 3.42. The summed E-state index contributed by atoms with van der Waals surface area (Å²) in [5, 5.41) is 0. The van der Waals surface area contributed by atoms with Crippen molar-refractivity contribution in [3.05, 3.63) is 35.9 Å². The number of methoxy groups -OCH3 is 1. The lowest BCUT2D eigenvalue weighted by Crippen LogP contribution is -2.38. The lowest BCUT2D eigenvalue weighted by molar-refractivity contribution is -0.136. The number of nitrogens with zero attached hydrogens (tertiary/aromatic N) is 1. The van der Waals surface area contributed by atoms with Crippen LogP contribution in [0.5, 0.6) is 0 Å². The van der Waals surface area contributed by atoms with Crippen molar-refractivity contribution in [3.63, 3.8) is 0 Å². The van der Waals surface area contributed by atoms with E-state index in [1.54, 1.807) is 7.11 Å². The highest BCUT2D eigenvalue weighted by molar-refractivity contribution is 5.79. The fourth-order valence-corrected chi connectivity index (χ4v) is 3.42. The Hall–Kier alpha value is -1.35. The molecule has 1 aromatic carbocycles. The van der Waals surface area contributed by atoms with Crippen LogP contribution in [0.2, 0.25) is 0 Å². The van der Waals surface area contributed by atoms with E-state index in [0.717, 1.165) is 25.8 Å². The molecule has 0 N–H and O–H groups in total. The highest BCUT2D eigenvalue weighted by Crippen LogP contribution is 2.32. The molecule has 22 heavy (non-hydrogen) atoms. The number of carbonyl (C=O) groups is 1. The average molecular weight is 303 g/mol. The second-order valence-electron chi connectivity index (χ2n) is 6.79. The molecule has 3 heteroatoms. The average Bonchev–Trinajstić information content (AvgIpc) is 2.66. The van der Waals surface area contributed by atoms with Gasteiger partial charge in [-0.15, -0.1) is 0 Å². The smallest absolute Gasteiger partial charge is 0.225 e. The maximum atomic E-state index is 12.8. The van der Waals surface area contributed by atoms with Gasteiger partial charge in [0.15, 0.2) is 0 Å². The van der Waals surface area contributed by atoms with Crippen molar-refractivity contribution in [1.82, 2.24) is 4.90 Å². The molecule has 0 saturated carbocycles. The van der Waals surface area contributed by atoms with Crippen molar-refractivity contribution in [2.75, 3.05) is 26.8 Å². The van der Waals surface area contributed by atoms with E-state index in [2.05, 4.69) is 44.2 Å². The molecule has 1 aromatic rings. The van der Waals surface area contributed by atoms with Crippen molar-refractivity contribution in [1.29, 1.82) is 0 Å². The Labute approximate surface area is 134 Å². The zero-order valence-electron chi connectivity index (χ0n) is 14.1. The minimum Gasteiger partial charge on any atom is -0.383 e. The Morgan fingerprint density at radius 3 is 2.59 bits per heavy atom. The van der Waals surface area contributed by atoms with Gasteiger partial charge in [-0.05, 0) is 30.7 Å². The summed E-state index contributed by atoms with van der Waals surface area (Å²) in [5.41, 5.74) is 1.35. The van der Waals surface area contributed by atoms with Gasteiger partial charge in [-0.3, -0.25) is 4.79 Å². The van der Waals surface area contributed by atoms with E-state index in [1.165, 1.54) is 5.56 Å². The quantitative estimate of drug-likeness (QED) is 0.802. The first-order valence-corrected chi connectivity index (χ1v) is 8.44. The number of amides is 1. The van der Waals surface area contributed by atoms with Crippen LogP contribution in [0.25, 0.3) is 0 Å².